The highest BCUT2D eigenvalue weighted by Crippen LogP contribution is 2.23. The number of amides is 1. The number of hydrogen-bond acceptors (Lipinski definition) is 2. The molecule has 0 saturated heterocycles. The first-order valence-electron chi connectivity index (χ1n) is 4.40. The highest BCUT2D eigenvalue weighted by Gasteiger charge is 2.43. The molecule has 0 bridgehead atoms. The number of carbonyl (C=O) groups is 1. The van der Waals surface area contributed by atoms with Crippen LogP contribution in [0.3, 0.4) is 0 Å². The van der Waals surface area contributed by atoms with Gasteiger partial charge in [-0.1, -0.05) is 18.2 Å². The molecule has 1 aromatic rings. The summed E-state index contributed by atoms with van der Waals surface area (Å²) in [6.07, 6.45) is 3.75. The number of carboxylic acid groups (broad SMARTS) is 1. The zero-order valence-corrected chi connectivity index (χ0v) is 8.29. The molecule has 0 saturated carbocycles. The van der Waals surface area contributed by atoms with Gasteiger partial charge in [-0.15, -0.1) is 6.42 Å². The largest absolute Gasteiger partial charge is 0.553 e. The number of terminal acetylenes is 1. The van der Waals surface area contributed by atoms with E-state index in [-0.39, 0.29) is 5.69 Å². The van der Waals surface area contributed by atoms with E-state index in [9.17, 15) is 10.0 Å². The minimum absolute atomic E-state index is 0.232. The van der Waals surface area contributed by atoms with Gasteiger partial charge in [-0.05, 0) is 10.6 Å². The molecule has 0 aromatic heterocycles. The van der Waals surface area contributed by atoms with E-state index in [2.05, 4.69) is 5.92 Å². The van der Waals surface area contributed by atoms with E-state index in [4.69, 9.17) is 11.5 Å². The van der Waals surface area contributed by atoms with Crippen LogP contribution in [-0.4, -0.2) is 22.4 Å². The van der Waals surface area contributed by atoms with Crippen LogP contribution in [0, 0.1) is 12.3 Å². The highest BCUT2D eigenvalue weighted by molar-refractivity contribution is 5.79. The normalized spacial score (nSPS) is 16.1. The van der Waals surface area contributed by atoms with Crippen LogP contribution in [0.25, 0.3) is 0 Å². The molecule has 0 fully saturated rings. The number of hydrogen-bond donors (Lipinski definition) is 2. The van der Waals surface area contributed by atoms with Crippen molar-refractivity contribution in [3.05, 3.63) is 30.3 Å². The van der Waals surface area contributed by atoms with Crippen LogP contribution >= 0.6 is 0 Å². The fourth-order valence-corrected chi connectivity index (χ4v) is 1.26. The second kappa shape index (κ2) is 4.13. The van der Waals surface area contributed by atoms with Crippen molar-refractivity contribution in [2.24, 2.45) is 0 Å². The Hall–Kier alpha value is -1.83. The molecule has 0 heterocycles. The quantitative estimate of drug-likeness (QED) is 0.337. The Morgan fingerprint density at radius 3 is 2.40 bits per heavy atom. The van der Waals surface area contributed by atoms with E-state index in [1.165, 1.54) is 19.1 Å². The zero-order valence-electron chi connectivity index (χ0n) is 8.29. The SMILES string of the molecule is C#CC(C)[N+](O)(C(=O)O)c1ccccc1. The molecule has 2 N–H and O–H groups in total. The van der Waals surface area contributed by atoms with Gasteiger partial charge in [0.05, 0.1) is 0 Å². The third kappa shape index (κ3) is 1.84. The van der Waals surface area contributed by atoms with Crippen LogP contribution in [-0.2, 0) is 0 Å². The molecule has 0 radical (unpaired) electrons. The van der Waals surface area contributed by atoms with Gasteiger partial charge in [-0.3, -0.25) is 0 Å². The number of para-hydroxylation sites is 1. The lowest BCUT2D eigenvalue weighted by atomic mass is 10.2. The van der Waals surface area contributed by atoms with E-state index in [1.54, 1.807) is 18.2 Å². The summed E-state index contributed by atoms with van der Waals surface area (Å²) in [6, 6.07) is 7.19. The zero-order chi connectivity index (χ0) is 11.5. The fourth-order valence-electron chi connectivity index (χ4n) is 1.26. The number of quaternary nitrogens is 1. The standard InChI is InChI=1S/C11H11NO3/c1-3-9(2)12(15,11(13)14)10-7-5-4-6-8-10/h1,4-9,15H,2H3/p+1. The van der Waals surface area contributed by atoms with Gasteiger partial charge < -0.3 is 5.11 Å². The van der Waals surface area contributed by atoms with Gasteiger partial charge in [0, 0.05) is 19.1 Å². The maximum absolute atomic E-state index is 11.0. The predicted molar refractivity (Wildman–Crippen MR) is 56.3 cm³/mol. The molecule has 4 nitrogen and oxygen atoms in total. The minimum Gasteiger partial charge on any atom is -0.433 e. The predicted octanol–water partition coefficient (Wildman–Crippen LogP) is 2.08. The fraction of sp³-hybridized carbons (Fsp3) is 0.182. The van der Waals surface area contributed by atoms with Crippen LogP contribution in [0.5, 0.6) is 0 Å². The van der Waals surface area contributed by atoms with Gasteiger partial charge in [0.2, 0.25) is 0 Å². The Balaban J connectivity index is 3.26. The molecule has 0 aliphatic rings. The summed E-state index contributed by atoms with van der Waals surface area (Å²) in [6.45, 7) is 1.47. The molecular formula is C11H12NO3+. The van der Waals surface area contributed by atoms with Gasteiger partial charge in [0.15, 0.2) is 11.7 Å². The Morgan fingerprint density at radius 1 is 1.47 bits per heavy atom. The number of hydroxylamine groups is 2. The molecular weight excluding hydrogens is 194 g/mol. The Bertz CT molecular complexity index is 396. The third-order valence-electron chi connectivity index (χ3n) is 2.24. The average molecular weight is 206 g/mol. The van der Waals surface area contributed by atoms with E-state index < -0.39 is 16.8 Å². The van der Waals surface area contributed by atoms with Crippen molar-refractivity contribution < 1.29 is 15.1 Å². The van der Waals surface area contributed by atoms with Crippen LogP contribution in [0.1, 0.15) is 6.92 Å². The molecule has 1 aromatic carbocycles. The topological polar surface area (TPSA) is 57.5 Å². The van der Waals surface area contributed by atoms with Gasteiger partial charge in [0.25, 0.3) is 0 Å². The third-order valence-corrected chi connectivity index (χ3v) is 2.24. The second-order valence-electron chi connectivity index (χ2n) is 3.15. The van der Waals surface area contributed by atoms with Crippen molar-refractivity contribution >= 4 is 11.8 Å². The molecule has 1 rings (SSSR count). The summed E-state index contributed by atoms with van der Waals surface area (Å²) in [4.78, 5) is 11.0. The van der Waals surface area contributed by atoms with Gasteiger partial charge >= 0.3 is 6.09 Å². The molecule has 1 amide bonds. The lowest BCUT2D eigenvalue weighted by Crippen LogP contribution is -2.56. The lowest BCUT2D eigenvalue weighted by molar-refractivity contribution is -0.0681. The summed E-state index contributed by atoms with van der Waals surface area (Å²) in [5.74, 6) is 2.23. The van der Waals surface area contributed by atoms with Gasteiger partial charge in [0.1, 0.15) is 0 Å². The molecule has 2 atom stereocenters. The smallest absolute Gasteiger partial charge is 0.433 e. The molecule has 4 heteroatoms. The molecule has 2 unspecified atom stereocenters. The molecule has 0 spiro atoms. The Morgan fingerprint density at radius 2 is 2.00 bits per heavy atom. The first-order valence-corrected chi connectivity index (χ1v) is 4.40. The first-order chi connectivity index (χ1) is 7.03. The summed E-state index contributed by atoms with van der Waals surface area (Å²) in [5.41, 5.74) is 0.232. The van der Waals surface area contributed by atoms with Crippen molar-refractivity contribution in [3.8, 4) is 12.3 Å². The maximum Gasteiger partial charge on any atom is 0.553 e. The van der Waals surface area contributed by atoms with Crippen molar-refractivity contribution in [1.29, 1.82) is 0 Å². The highest BCUT2D eigenvalue weighted by atomic mass is 16.6. The van der Waals surface area contributed by atoms with Crippen LogP contribution in [0.2, 0.25) is 0 Å². The van der Waals surface area contributed by atoms with Gasteiger partial charge in [-0.25, -0.2) is 0 Å². The average Bonchev–Trinajstić information content (AvgIpc) is 2.27. The molecule has 0 aliphatic heterocycles. The van der Waals surface area contributed by atoms with Crippen molar-refractivity contribution in [1.82, 2.24) is 4.65 Å². The summed E-state index contributed by atoms with van der Waals surface area (Å²) >= 11 is 0. The monoisotopic (exact) mass is 206 g/mol. The summed E-state index contributed by atoms with van der Waals surface area (Å²) in [5, 5.41) is 19.0. The van der Waals surface area contributed by atoms with E-state index in [0.29, 0.717) is 0 Å². The number of rotatable bonds is 2. The van der Waals surface area contributed by atoms with Crippen LogP contribution < -0.4 is 4.65 Å². The van der Waals surface area contributed by atoms with Crippen molar-refractivity contribution in [2.45, 2.75) is 13.0 Å². The van der Waals surface area contributed by atoms with Crippen LogP contribution in [0.4, 0.5) is 10.5 Å². The first kappa shape index (κ1) is 11.2. The van der Waals surface area contributed by atoms with Crippen molar-refractivity contribution in [2.75, 3.05) is 0 Å². The Labute approximate surface area is 87.9 Å². The lowest BCUT2D eigenvalue weighted by Gasteiger charge is -2.26. The van der Waals surface area contributed by atoms with E-state index in [1.807, 2.05) is 0 Å². The minimum atomic E-state index is -1.40. The second-order valence-corrected chi connectivity index (χ2v) is 3.15. The summed E-state index contributed by atoms with van der Waals surface area (Å²) in [7, 11) is 0. The Kier molecular flexibility index (Phi) is 3.10. The van der Waals surface area contributed by atoms with Crippen molar-refractivity contribution in [3.63, 3.8) is 0 Å². The number of nitrogens with zero attached hydrogens (tertiary/aromatic N) is 1. The summed E-state index contributed by atoms with van der Waals surface area (Å²) < 4.78 is -1.29. The molecule has 0 aliphatic carbocycles. The van der Waals surface area contributed by atoms with E-state index >= 15 is 0 Å². The maximum atomic E-state index is 11.0. The van der Waals surface area contributed by atoms with Gasteiger partial charge in [-0.2, -0.15) is 10.0 Å². The molecule has 78 valence electrons. The number of benzene rings is 1. The molecule has 15 heavy (non-hydrogen) atoms. The van der Waals surface area contributed by atoms with E-state index in [0.717, 1.165) is 0 Å². The van der Waals surface area contributed by atoms with Crippen LogP contribution in [0.15, 0.2) is 30.3 Å².